The first-order valence-corrected chi connectivity index (χ1v) is 10.9. The van der Waals surface area contributed by atoms with Crippen LogP contribution in [0.4, 0.5) is 11.4 Å². The number of sulfonamides is 1. The Morgan fingerprint density at radius 1 is 0.966 bits per heavy atom. The zero-order chi connectivity index (χ0) is 20.6. The molecule has 1 aliphatic rings. The van der Waals surface area contributed by atoms with E-state index in [4.69, 9.17) is 0 Å². The molecular formula is C23H22N2O3S. The zero-order valence-electron chi connectivity index (χ0n) is 16.3. The number of para-hydroxylation sites is 1. The number of amides is 1. The molecule has 0 unspecified atom stereocenters. The molecule has 0 bridgehead atoms. The molecule has 1 heterocycles. The van der Waals surface area contributed by atoms with Gasteiger partial charge in [-0.25, -0.2) is 8.42 Å². The minimum atomic E-state index is -3.82. The van der Waals surface area contributed by atoms with Crippen molar-refractivity contribution >= 4 is 27.3 Å². The molecule has 1 amide bonds. The number of benzene rings is 3. The predicted octanol–water partition coefficient (Wildman–Crippen LogP) is 4.31. The van der Waals surface area contributed by atoms with Crippen LogP contribution in [0.15, 0.2) is 71.6 Å². The number of hydrogen-bond acceptors (Lipinski definition) is 3. The van der Waals surface area contributed by atoms with Crippen molar-refractivity contribution in [2.75, 3.05) is 16.2 Å². The monoisotopic (exact) mass is 406 g/mol. The van der Waals surface area contributed by atoms with E-state index < -0.39 is 10.0 Å². The second-order valence-electron chi connectivity index (χ2n) is 7.29. The third-order valence-electron chi connectivity index (χ3n) is 5.16. The number of rotatable bonds is 4. The van der Waals surface area contributed by atoms with E-state index in [2.05, 4.69) is 4.72 Å². The lowest BCUT2D eigenvalue weighted by Crippen LogP contribution is -2.29. The highest BCUT2D eigenvalue weighted by atomic mass is 32.2. The van der Waals surface area contributed by atoms with Crippen molar-refractivity contribution in [3.63, 3.8) is 0 Å². The van der Waals surface area contributed by atoms with Crippen molar-refractivity contribution in [3.8, 4) is 0 Å². The summed E-state index contributed by atoms with van der Waals surface area (Å²) >= 11 is 0. The van der Waals surface area contributed by atoms with Crippen LogP contribution in [0.5, 0.6) is 0 Å². The molecule has 1 aliphatic heterocycles. The summed E-state index contributed by atoms with van der Waals surface area (Å²) in [7, 11) is -3.82. The van der Waals surface area contributed by atoms with E-state index >= 15 is 0 Å². The lowest BCUT2D eigenvalue weighted by molar-refractivity contribution is 0.0989. The van der Waals surface area contributed by atoms with Crippen LogP contribution >= 0.6 is 0 Å². The maximum absolute atomic E-state index is 13.1. The highest BCUT2D eigenvalue weighted by Gasteiger charge is 2.27. The van der Waals surface area contributed by atoms with Crippen molar-refractivity contribution in [2.45, 2.75) is 25.2 Å². The fourth-order valence-electron chi connectivity index (χ4n) is 3.56. The minimum absolute atomic E-state index is 0.108. The molecule has 148 valence electrons. The van der Waals surface area contributed by atoms with E-state index in [1.165, 1.54) is 6.07 Å². The first-order chi connectivity index (χ1) is 13.8. The van der Waals surface area contributed by atoms with Gasteiger partial charge in [-0.3, -0.25) is 9.52 Å². The van der Waals surface area contributed by atoms with E-state index in [-0.39, 0.29) is 10.8 Å². The predicted molar refractivity (Wildman–Crippen MR) is 115 cm³/mol. The Balaban J connectivity index is 1.66. The van der Waals surface area contributed by atoms with Gasteiger partial charge in [0.25, 0.3) is 15.9 Å². The molecule has 5 nitrogen and oxygen atoms in total. The second-order valence-corrected chi connectivity index (χ2v) is 8.94. The summed E-state index contributed by atoms with van der Waals surface area (Å²) < 4.78 is 28.5. The van der Waals surface area contributed by atoms with Gasteiger partial charge in [0.15, 0.2) is 0 Å². The Morgan fingerprint density at radius 3 is 2.45 bits per heavy atom. The molecule has 29 heavy (non-hydrogen) atoms. The van der Waals surface area contributed by atoms with Crippen LogP contribution < -0.4 is 9.62 Å². The molecule has 0 fully saturated rings. The van der Waals surface area contributed by atoms with Crippen LogP contribution in [0.3, 0.4) is 0 Å². The molecule has 6 heteroatoms. The quantitative estimate of drug-likeness (QED) is 0.702. The SMILES string of the molecule is Cc1ccc(NS(=O)(=O)c2cc(C(=O)N3CCc4ccccc43)ccc2C)cc1. The Labute approximate surface area is 171 Å². The number of fused-ring (bicyclic) bond motifs is 1. The van der Waals surface area contributed by atoms with E-state index in [1.807, 2.05) is 43.3 Å². The summed E-state index contributed by atoms with van der Waals surface area (Å²) in [6.07, 6.45) is 0.800. The smallest absolute Gasteiger partial charge is 0.262 e. The number of nitrogens with zero attached hydrogens (tertiary/aromatic N) is 1. The summed E-state index contributed by atoms with van der Waals surface area (Å²) in [5.41, 5.74) is 4.49. The largest absolute Gasteiger partial charge is 0.308 e. The van der Waals surface area contributed by atoms with Crippen molar-refractivity contribution in [2.24, 2.45) is 0 Å². The standard InChI is InChI=1S/C23H22N2O3S/c1-16-7-11-20(12-8-16)24-29(27,28)22-15-19(10-9-17(22)2)23(26)25-14-13-18-5-3-4-6-21(18)25/h3-12,15,24H,13-14H2,1-2H3. The van der Waals surface area contributed by atoms with Gasteiger partial charge >= 0.3 is 0 Å². The summed E-state index contributed by atoms with van der Waals surface area (Å²) in [5.74, 6) is -0.193. The molecule has 0 radical (unpaired) electrons. The van der Waals surface area contributed by atoms with Gasteiger partial charge in [0.05, 0.1) is 4.90 Å². The Bertz CT molecular complexity index is 1180. The number of carbonyl (C=O) groups excluding carboxylic acids is 1. The van der Waals surface area contributed by atoms with Crippen LogP contribution in [-0.2, 0) is 16.4 Å². The molecule has 1 N–H and O–H groups in total. The van der Waals surface area contributed by atoms with Crippen LogP contribution in [0.2, 0.25) is 0 Å². The van der Waals surface area contributed by atoms with Crippen LogP contribution in [0.1, 0.15) is 27.0 Å². The lowest BCUT2D eigenvalue weighted by Gasteiger charge is -2.18. The topological polar surface area (TPSA) is 66.5 Å². The molecule has 0 atom stereocenters. The van der Waals surface area contributed by atoms with Crippen molar-refractivity contribution in [1.82, 2.24) is 0 Å². The summed E-state index contributed by atoms with van der Waals surface area (Å²) in [6.45, 7) is 4.26. The maximum Gasteiger partial charge on any atom is 0.262 e. The van der Waals surface area contributed by atoms with Gasteiger partial charge in [-0.2, -0.15) is 0 Å². The highest BCUT2D eigenvalue weighted by molar-refractivity contribution is 7.92. The Morgan fingerprint density at radius 2 is 1.69 bits per heavy atom. The highest BCUT2D eigenvalue weighted by Crippen LogP contribution is 2.30. The van der Waals surface area contributed by atoms with E-state index in [0.717, 1.165) is 23.2 Å². The van der Waals surface area contributed by atoms with Crippen molar-refractivity contribution in [1.29, 1.82) is 0 Å². The number of hydrogen-bond donors (Lipinski definition) is 1. The van der Waals surface area contributed by atoms with E-state index in [9.17, 15) is 13.2 Å². The summed E-state index contributed by atoms with van der Waals surface area (Å²) in [5, 5.41) is 0. The summed E-state index contributed by atoms with van der Waals surface area (Å²) in [6, 6.07) is 19.8. The molecule has 0 saturated heterocycles. The molecule has 0 aliphatic carbocycles. The van der Waals surface area contributed by atoms with Gasteiger partial charge in [-0.15, -0.1) is 0 Å². The minimum Gasteiger partial charge on any atom is -0.308 e. The van der Waals surface area contributed by atoms with Gasteiger partial charge in [-0.1, -0.05) is 42.0 Å². The normalized spacial score (nSPS) is 13.2. The molecule has 3 aromatic carbocycles. The van der Waals surface area contributed by atoms with Gasteiger partial charge in [0.2, 0.25) is 0 Å². The molecule has 0 aromatic heterocycles. The summed E-state index contributed by atoms with van der Waals surface area (Å²) in [4.78, 5) is 14.9. The van der Waals surface area contributed by atoms with Crippen molar-refractivity contribution in [3.05, 3.63) is 89.0 Å². The van der Waals surface area contributed by atoms with E-state index in [1.54, 1.807) is 36.1 Å². The Hall–Kier alpha value is -3.12. The first kappa shape index (κ1) is 19.2. The van der Waals surface area contributed by atoms with Crippen LogP contribution in [0, 0.1) is 13.8 Å². The molecular weight excluding hydrogens is 384 g/mol. The molecule has 4 rings (SSSR count). The lowest BCUT2D eigenvalue weighted by atomic mass is 10.1. The maximum atomic E-state index is 13.1. The molecule has 0 saturated carbocycles. The third-order valence-corrected chi connectivity index (χ3v) is 6.68. The molecule has 3 aromatic rings. The number of carbonyl (C=O) groups is 1. The van der Waals surface area contributed by atoms with Gasteiger partial charge in [0.1, 0.15) is 0 Å². The Kier molecular flexibility index (Phi) is 4.88. The van der Waals surface area contributed by atoms with Gasteiger partial charge in [0, 0.05) is 23.5 Å². The first-order valence-electron chi connectivity index (χ1n) is 9.45. The van der Waals surface area contributed by atoms with Gasteiger partial charge in [-0.05, 0) is 61.7 Å². The fourth-order valence-corrected chi connectivity index (χ4v) is 4.89. The average molecular weight is 407 g/mol. The number of anilines is 2. The number of aryl methyl sites for hydroxylation is 2. The van der Waals surface area contributed by atoms with E-state index in [0.29, 0.717) is 23.4 Å². The van der Waals surface area contributed by atoms with Crippen LogP contribution in [-0.4, -0.2) is 20.9 Å². The second kappa shape index (κ2) is 7.37. The fraction of sp³-hybridized carbons (Fsp3) is 0.174. The van der Waals surface area contributed by atoms with Gasteiger partial charge < -0.3 is 4.90 Å². The average Bonchev–Trinajstić information content (AvgIpc) is 3.13. The zero-order valence-corrected chi connectivity index (χ0v) is 17.2. The third kappa shape index (κ3) is 3.76. The van der Waals surface area contributed by atoms with Crippen molar-refractivity contribution < 1.29 is 13.2 Å². The molecule has 0 spiro atoms. The van der Waals surface area contributed by atoms with Crippen LogP contribution in [0.25, 0.3) is 0 Å². The number of nitrogens with one attached hydrogen (secondary N) is 1.